The van der Waals surface area contributed by atoms with E-state index in [1.54, 1.807) is 6.07 Å². The number of nitrogens with two attached hydrogens (primary N) is 1. The number of aryl methyl sites for hydroxylation is 1. The van der Waals surface area contributed by atoms with Gasteiger partial charge in [-0.1, -0.05) is 23.7 Å². The molecule has 0 bridgehead atoms. The summed E-state index contributed by atoms with van der Waals surface area (Å²) in [5.74, 6) is -1.03. The Bertz CT molecular complexity index is 619. The molecule has 0 spiro atoms. The topological polar surface area (TPSA) is 68.2 Å². The van der Waals surface area contributed by atoms with Crippen molar-refractivity contribution in [3.63, 3.8) is 0 Å². The average Bonchev–Trinajstić information content (AvgIpc) is 2.61. The number of carboxylic acid groups (broad SMARTS) is 1. The monoisotopic (exact) mass is 266 g/mol. The van der Waals surface area contributed by atoms with E-state index < -0.39 is 12.0 Å². The molecule has 0 amide bonds. The zero-order valence-electron chi connectivity index (χ0n) is 10.3. The number of carbonyl (C=O) groups is 1. The Morgan fingerprint density at radius 2 is 2.22 bits per heavy atom. The van der Waals surface area contributed by atoms with Crippen molar-refractivity contribution < 1.29 is 9.90 Å². The van der Waals surface area contributed by atoms with Crippen LogP contribution < -0.4 is 5.73 Å². The van der Waals surface area contributed by atoms with Crippen LogP contribution in [0.3, 0.4) is 0 Å². The molecule has 0 aliphatic carbocycles. The fourth-order valence-electron chi connectivity index (χ4n) is 2.43. The van der Waals surface area contributed by atoms with Crippen LogP contribution in [-0.2, 0) is 11.3 Å². The number of hydrogen-bond acceptors (Lipinski definition) is 2. The molecule has 1 unspecified atom stereocenters. The Kier molecular flexibility index (Phi) is 3.32. The summed E-state index contributed by atoms with van der Waals surface area (Å²) in [6.07, 6.45) is 0. The van der Waals surface area contributed by atoms with E-state index in [1.165, 1.54) is 0 Å². The van der Waals surface area contributed by atoms with Crippen molar-refractivity contribution in [3.05, 3.63) is 34.5 Å². The third-order valence-electron chi connectivity index (χ3n) is 3.23. The molecule has 1 atom stereocenters. The second kappa shape index (κ2) is 4.63. The van der Waals surface area contributed by atoms with Crippen molar-refractivity contribution in [2.75, 3.05) is 0 Å². The largest absolute Gasteiger partial charge is 0.480 e. The van der Waals surface area contributed by atoms with E-state index in [-0.39, 0.29) is 0 Å². The molecule has 4 nitrogen and oxygen atoms in total. The summed E-state index contributed by atoms with van der Waals surface area (Å²) in [5, 5.41) is 10.5. The molecule has 0 saturated heterocycles. The number of carboxylic acids is 1. The molecule has 0 aliphatic heterocycles. The Morgan fingerprint density at radius 3 is 2.78 bits per heavy atom. The van der Waals surface area contributed by atoms with Gasteiger partial charge in [0.15, 0.2) is 0 Å². The molecule has 18 heavy (non-hydrogen) atoms. The lowest BCUT2D eigenvalue weighted by Gasteiger charge is -2.08. The van der Waals surface area contributed by atoms with E-state index in [1.807, 2.05) is 30.5 Å². The summed E-state index contributed by atoms with van der Waals surface area (Å²) in [4.78, 5) is 11.1. The van der Waals surface area contributed by atoms with E-state index >= 15 is 0 Å². The van der Waals surface area contributed by atoms with Crippen molar-refractivity contribution in [2.24, 2.45) is 5.73 Å². The van der Waals surface area contributed by atoms with Gasteiger partial charge >= 0.3 is 5.97 Å². The van der Waals surface area contributed by atoms with Gasteiger partial charge < -0.3 is 15.4 Å². The quantitative estimate of drug-likeness (QED) is 0.897. The fourth-order valence-corrected chi connectivity index (χ4v) is 2.70. The number of hydrogen-bond donors (Lipinski definition) is 2. The first kappa shape index (κ1) is 12.9. The Labute approximate surface area is 110 Å². The highest BCUT2D eigenvalue weighted by Crippen LogP contribution is 2.34. The van der Waals surface area contributed by atoms with Crippen molar-refractivity contribution in [1.82, 2.24) is 4.57 Å². The molecule has 96 valence electrons. The van der Waals surface area contributed by atoms with Crippen molar-refractivity contribution in [2.45, 2.75) is 26.4 Å². The first-order valence-electron chi connectivity index (χ1n) is 5.74. The molecule has 1 aromatic heterocycles. The molecular weight excluding hydrogens is 252 g/mol. The molecule has 2 rings (SSSR count). The maximum absolute atomic E-state index is 11.1. The van der Waals surface area contributed by atoms with Crippen molar-refractivity contribution in [1.29, 1.82) is 0 Å². The van der Waals surface area contributed by atoms with Gasteiger partial charge in [0, 0.05) is 23.2 Å². The predicted octanol–water partition coefficient (Wildman–Crippen LogP) is 2.71. The third-order valence-corrected chi connectivity index (χ3v) is 3.54. The molecule has 1 aromatic carbocycles. The summed E-state index contributed by atoms with van der Waals surface area (Å²) in [6, 6.07) is 4.44. The normalized spacial score (nSPS) is 12.9. The molecule has 0 aliphatic rings. The smallest absolute Gasteiger partial charge is 0.325 e. The fraction of sp³-hybridized carbons (Fsp3) is 0.308. The highest BCUT2D eigenvalue weighted by atomic mass is 35.5. The minimum Gasteiger partial charge on any atom is -0.480 e. The van der Waals surface area contributed by atoms with E-state index in [0.717, 1.165) is 23.1 Å². The zero-order valence-corrected chi connectivity index (χ0v) is 11.0. The van der Waals surface area contributed by atoms with Gasteiger partial charge in [-0.3, -0.25) is 4.79 Å². The van der Waals surface area contributed by atoms with E-state index in [0.29, 0.717) is 10.6 Å². The summed E-state index contributed by atoms with van der Waals surface area (Å²) < 4.78 is 2.00. The molecule has 0 saturated carbocycles. The highest BCUT2D eigenvalue weighted by Gasteiger charge is 2.24. The summed E-state index contributed by atoms with van der Waals surface area (Å²) in [7, 11) is 0. The molecular formula is C13H15ClN2O2. The van der Waals surface area contributed by atoms with Gasteiger partial charge in [0.25, 0.3) is 0 Å². The van der Waals surface area contributed by atoms with Crippen LogP contribution in [0.15, 0.2) is 18.2 Å². The van der Waals surface area contributed by atoms with Crippen LogP contribution in [0, 0.1) is 6.92 Å². The van der Waals surface area contributed by atoms with Crippen LogP contribution in [0.1, 0.15) is 24.2 Å². The predicted molar refractivity (Wildman–Crippen MR) is 71.9 cm³/mol. The summed E-state index contributed by atoms with van der Waals surface area (Å²) in [5.41, 5.74) is 8.12. The van der Waals surface area contributed by atoms with Gasteiger partial charge in [-0.25, -0.2) is 0 Å². The van der Waals surface area contributed by atoms with E-state index in [4.69, 9.17) is 22.4 Å². The van der Waals surface area contributed by atoms with Crippen molar-refractivity contribution in [3.8, 4) is 0 Å². The maximum atomic E-state index is 11.1. The lowest BCUT2D eigenvalue weighted by molar-refractivity contribution is -0.138. The molecule has 3 N–H and O–H groups in total. The second-order valence-corrected chi connectivity index (χ2v) is 4.60. The second-order valence-electron chi connectivity index (χ2n) is 4.20. The lowest BCUT2D eigenvalue weighted by atomic mass is 10.0. The number of nitrogens with zero attached hydrogens (tertiary/aromatic N) is 1. The number of aromatic nitrogens is 1. The number of rotatable bonds is 3. The Hall–Kier alpha value is -1.52. The first-order chi connectivity index (χ1) is 8.49. The first-order valence-corrected chi connectivity index (χ1v) is 6.12. The van der Waals surface area contributed by atoms with Gasteiger partial charge in [0.1, 0.15) is 6.04 Å². The molecule has 1 heterocycles. The van der Waals surface area contributed by atoms with E-state index in [2.05, 4.69) is 0 Å². The van der Waals surface area contributed by atoms with Crippen LogP contribution >= 0.6 is 11.6 Å². The Balaban J connectivity index is 2.86. The maximum Gasteiger partial charge on any atom is 0.325 e. The van der Waals surface area contributed by atoms with E-state index in [9.17, 15) is 4.79 Å². The SMILES string of the molecule is CCn1c(C)c(C(N)C(=O)O)c2cccc(Cl)c21. The zero-order chi connectivity index (χ0) is 13.4. The van der Waals surface area contributed by atoms with Gasteiger partial charge in [0.05, 0.1) is 10.5 Å². The van der Waals surface area contributed by atoms with Crippen LogP contribution in [0.5, 0.6) is 0 Å². The number of fused-ring (bicyclic) bond motifs is 1. The van der Waals surface area contributed by atoms with Crippen LogP contribution in [0.4, 0.5) is 0 Å². The Morgan fingerprint density at radius 1 is 1.56 bits per heavy atom. The summed E-state index contributed by atoms with van der Waals surface area (Å²) >= 11 is 6.20. The lowest BCUT2D eigenvalue weighted by Crippen LogP contribution is -2.21. The van der Waals surface area contributed by atoms with Crippen LogP contribution in [0.25, 0.3) is 10.9 Å². The van der Waals surface area contributed by atoms with Gasteiger partial charge in [-0.2, -0.15) is 0 Å². The molecule has 2 aromatic rings. The van der Waals surface area contributed by atoms with Gasteiger partial charge in [-0.15, -0.1) is 0 Å². The molecule has 0 fully saturated rings. The van der Waals surface area contributed by atoms with Crippen LogP contribution in [-0.4, -0.2) is 15.6 Å². The van der Waals surface area contributed by atoms with Crippen LogP contribution in [0.2, 0.25) is 5.02 Å². The standard InChI is InChI=1S/C13H15ClN2O2/c1-3-16-7(2)10(11(15)13(17)18)8-5-4-6-9(14)12(8)16/h4-6,11H,3,15H2,1-2H3,(H,17,18). The number of para-hydroxylation sites is 1. The number of aliphatic carboxylic acids is 1. The minimum absolute atomic E-state index is 0.612. The van der Waals surface area contributed by atoms with Gasteiger partial charge in [-0.05, 0) is 19.9 Å². The molecule has 0 radical (unpaired) electrons. The number of halogens is 1. The third kappa shape index (κ3) is 1.78. The minimum atomic E-state index is -1.03. The van der Waals surface area contributed by atoms with Gasteiger partial charge in [0.2, 0.25) is 0 Å². The summed E-state index contributed by atoms with van der Waals surface area (Å²) in [6.45, 7) is 4.59. The molecule has 5 heteroatoms. The number of benzene rings is 1. The average molecular weight is 267 g/mol. The highest BCUT2D eigenvalue weighted by molar-refractivity contribution is 6.35. The van der Waals surface area contributed by atoms with Crippen molar-refractivity contribution >= 4 is 28.5 Å².